The Labute approximate surface area is 185 Å². The van der Waals surface area contributed by atoms with Crippen LogP contribution in [0.25, 0.3) is 11.1 Å². The highest BCUT2D eigenvalue weighted by atomic mass is 14.6. The first-order valence-electron chi connectivity index (χ1n) is 11.1. The van der Waals surface area contributed by atoms with Gasteiger partial charge in [-0.05, 0) is 79.3 Å². The molecule has 166 valence electrons. The summed E-state index contributed by atoms with van der Waals surface area (Å²) in [6.45, 7) is 27.4. The van der Waals surface area contributed by atoms with Crippen molar-refractivity contribution in [3.63, 3.8) is 0 Å². The molecule has 0 saturated carbocycles. The van der Waals surface area contributed by atoms with E-state index in [9.17, 15) is 0 Å². The highest BCUT2D eigenvalue weighted by molar-refractivity contribution is 5.84. The maximum Gasteiger partial charge on any atom is 0.0320 e. The van der Waals surface area contributed by atoms with Crippen LogP contribution < -0.4 is 11.5 Å². The van der Waals surface area contributed by atoms with Gasteiger partial charge in [0.05, 0.1) is 0 Å². The maximum absolute atomic E-state index is 6.45. The molecule has 0 aliphatic heterocycles. The predicted molar refractivity (Wildman–Crippen MR) is 136 cm³/mol. The van der Waals surface area contributed by atoms with Crippen molar-refractivity contribution < 1.29 is 0 Å². The summed E-state index contributed by atoms with van der Waals surface area (Å²) >= 11 is 0. The number of nitrogens with two attached hydrogens (primary N) is 2. The third-order valence-corrected chi connectivity index (χ3v) is 5.80. The molecule has 0 aliphatic rings. The lowest BCUT2D eigenvalue weighted by atomic mass is 9.68. The van der Waals surface area contributed by atoms with E-state index in [0.717, 1.165) is 11.4 Å². The van der Waals surface area contributed by atoms with E-state index < -0.39 is 0 Å². The van der Waals surface area contributed by atoms with Crippen LogP contribution >= 0.6 is 0 Å². The van der Waals surface area contributed by atoms with Crippen LogP contribution in [0.4, 0.5) is 11.4 Å². The Hall–Kier alpha value is -1.96. The van der Waals surface area contributed by atoms with E-state index in [-0.39, 0.29) is 21.7 Å². The molecule has 30 heavy (non-hydrogen) atoms. The Bertz CT molecular complexity index is 787. The van der Waals surface area contributed by atoms with Crippen molar-refractivity contribution >= 4 is 11.4 Å². The molecule has 4 N–H and O–H groups in total. The van der Waals surface area contributed by atoms with Gasteiger partial charge in [0.25, 0.3) is 0 Å². The second-order valence-electron chi connectivity index (χ2n) is 13.0. The van der Waals surface area contributed by atoms with Gasteiger partial charge >= 0.3 is 0 Å². The van der Waals surface area contributed by atoms with Crippen LogP contribution in [0.5, 0.6) is 0 Å². The van der Waals surface area contributed by atoms with E-state index in [1.165, 1.54) is 33.4 Å². The van der Waals surface area contributed by atoms with Crippen LogP contribution in [0.15, 0.2) is 24.3 Å². The molecule has 0 radical (unpaired) electrons. The van der Waals surface area contributed by atoms with Crippen molar-refractivity contribution in [2.45, 2.75) is 105 Å². The van der Waals surface area contributed by atoms with E-state index in [4.69, 9.17) is 11.5 Å². The molecule has 2 rings (SSSR count). The minimum atomic E-state index is -0.0452. The molecule has 0 aliphatic carbocycles. The first kappa shape index (κ1) is 24.3. The summed E-state index contributed by atoms with van der Waals surface area (Å²) in [5.41, 5.74) is 22.2. The monoisotopic (exact) mass is 408 g/mol. The average molecular weight is 409 g/mol. The highest BCUT2D eigenvalue weighted by Crippen LogP contribution is 2.49. The van der Waals surface area contributed by atoms with Crippen molar-refractivity contribution in [2.75, 3.05) is 11.5 Å². The standard InChI is InChI=1S/C28H44N2/c1-25(2,3)19-13-17(29)14-20(26(4,5)6)23(19)24-21(27(7,8)9)15-18(30)16-22(24)28(10,11)12/h13-16H,29-30H2,1-12H3. The molecule has 0 aromatic heterocycles. The summed E-state index contributed by atoms with van der Waals surface area (Å²) in [5, 5.41) is 0. The first-order valence-corrected chi connectivity index (χ1v) is 11.1. The second-order valence-corrected chi connectivity index (χ2v) is 13.0. The molecule has 0 heterocycles. The molecule has 0 saturated heterocycles. The van der Waals surface area contributed by atoms with Crippen molar-refractivity contribution in [3.8, 4) is 11.1 Å². The summed E-state index contributed by atoms with van der Waals surface area (Å²) in [7, 11) is 0. The fraction of sp³-hybridized carbons (Fsp3) is 0.571. The highest BCUT2D eigenvalue weighted by Gasteiger charge is 2.34. The zero-order valence-electron chi connectivity index (χ0n) is 21.5. The lowest BCUT2D eigenvalue weighted by molar-refractivity contribution is 0.559. The summed E-state index contributed by atoms with van der Waals surface area (Å²) in [6.07, 6.45) is 0. The van der Waals surface area contributed by atoms with Gasteiger partial charge in [0, 0.05) is 11.4 Å². The molecular weight excluding hydrogens is 364 g/mol. The first-order chi connectivity index (χ1) is 13.2. The zero-order chi connectivity index (χ0) is 23.4. The zero-order valence-corrected chi connectivity index (χ0v) is 21.5. The molecule has 2 aromatic carbocycles. The Kier molecular flexibility index (Phi) is 5.93. The van der Waals surface area contributed by atoms with Crippen LogP contribution in [0.2, 0.25) is 0 Å². The van der Waals surface area contributed by atoms with Gasteiger partial charge in [-0.3, -0.25) is 0 Å². The van der Waals surface area contributed by atoms with Gasteiger partial charge in [0.15, 0.2) is 0 Å². The van der Waals surface area contributed by atoms with Crippen molar-refractivity contribution in [1.29, 1.82) is 0 Å². The number of rotatable bonds is 1. The lowest BCUT2D eigenvalue weighted by Crippen LogP contribution is -2.25. The summed E-state index contributed by atoms with van der Waals surface area (Å²) < 4.78 is 0. The normalized spacial score (nSPS) is 13.6. The second kappa shape index (κ2) is 7.32. The lowest BCUT2D eigenvalue weighted by Gasteiger charge is -2.37. The Morgan fingerprint density at radius 1 is 0.400 bits per heavy atom. The van der Waals surface area contributed by atoms with Gasteiger partial charge in [0.2, 0.25) is 0 Å². The SMILES string of the molecule is CC(C)(C)c1cc(N)cc(C(C)(C)C)c1-c1c(C(C)(C)C)cc(N)cc1C(C)(C)C. The van der Waals surface area contributed by atoms with Crippen LogP contribution in [-0.2, 0) is 21.7 Å². The van der Waals surface area contributed by atoms with Gasteiger partial charge in [0.1, 0.15) is 0 Å². The average Bonchev–Trinajstić information content (AvgIpc) is 2.50. The van der Waals surface area contributed by atoms with E-state index in [1.54, 1.807) is 0 Å². The topological polar surface area (TPSA) is 52.0 Å². The molecule has 0 bridgehead atoms. The van der Waals surface area contributed by atoms with Gasteiger partial charge in [-0.15, -0.1) is 0 Å². The number of anilines is 2. The number of benzene rings is 2. The van der Waals surface area contributed by atoms with Crippen molar-refractivity contribution in [1.82, 2.24) is 0 Å². The Morgan fingerprint density at radius 2 is 0.567 bits per heavy atom. The minimum absolute atomic E-state index is 0.0452. The van der Waals surface area contributed by atoms with Gasteiger partial charge in [-0.2, -0.15) is 0 Å². The predicted octanol–water partition coefficient (Wildman–Crippen LogP) is 7.71. The molecule has 0 spiro atoms. The molecule has 2 nitrogen and oxygen atoms in total. The summed E-state index contributed by atoms with van der Waals surface area (Å²) in [5.74, 6) is 0. The van der Waals surface area contributed by atoms with E-state index in [1.807, 2.05) is 0 Å². The summed E-state index contributed by atoms with van der Waals surface area (Å²) in [4.78, 5) is 0. The molecular formula is C28H44N2. The number of nitrogen functional groups attached to an aromatic ring is 2. The van der Waals surface area contributed by atoms with Gasteiger partial charge in [-0.25, -0.2) is 0 Å². The fourth-order valence-electron chi connectivity index (χ4n) is 4.23. The largest absolute Gasteiger partial charge is 0.399 e. The number of hydrogen-bond donors (Lipinski definition) is 2. The van der Waals surface area contributed by atoms with E-state index in [2.05, 4.69) is 107 Å². The van der Waals surface area contributed by atoms with E-state index >= 15 is 0 Å². The Morgan fingerprint density at radius 3 is 0.700 bits per heavy atom. The van der Waals surface area contributed by atoms with E-state index in [0.29, 0.717) is 0 Å². The minimum Gasteiger partial charge on any atom is -0.399 e. The molecule has 2 aromatic rings. The number of hydrogen-bond acceptors (Lipinski definition) is 2. The van der Waals surface area contributed by atoms with Crippen LogP contribution in [-0.4, -0.2) is 0 Å². The third-order valence-electron chi connectivity index (χ3n) is 5.80. The van der Waals surface area contributed by atoms with Crippen molar-refractivity contribution in [2.24, 2.45) is 0 Å². The molecule has 0 amide bonds. The Balaban J connectivity index is 3.26. The van der Waals surface area contributed by atoms with Crippen LogP contribution in [0.3, 0.4) is 0 Å². The molecule has 0 atom stereocenters. The van der Waals surface area contributed by atoms with Crippen molar-refractivity contribution in [3.05, 3.63) is 46.5 Å². The molecule has 2 heteroatoms. The molecule has 0 fully saturated rings. The third kappa shape index (κ3) is 4.85. The smallest absolute Gasteiger partial charge is 0.0320 e. The van der Waals surface area contributed by atoms with Crippen LogP contribution in [0, 0.1) is 0 Å². The van der Waals surface area contributed by atoms with Crippen LogP contribution in [0.1, 0.15) is 105 Å². The molecule has 0 unspecified atom stereocenters. The fourth-order valence-corrected chi connectivity index (χ4v) is 4.23. The maximum atomic E-state index is 6.45. The quantitative estimate of drug-likeness (QED) is 0.475. The van der Waals surface area contributed by atoms with Gasteiger partial charge < -0.3 is 11.5 Å². The van der Waals surface area contributed by atoms with Gasteiger partial charge in [-0.1, -0.05) is 83.1 Å². The summed E-state index contributed by atoms with van der Waals surface area (Å²) in [6, 6.07) is 8.72.